The van der Waals surface area contributed by atoms with Crippen molar-refractivity contribution in [2.75, 3.05) is 40.5 Å². The molecule has 8 nitrogen and oxygen atoms in total. The smallest absolute Gasteiger partial charge is 0.226 e. The van der Waals surface area contributed by atoms with Gasteiger partial charge in [0.15, 0.2) is 5.96 Å². The van der Waals surface area contributed by atoms with Gasteiger partial charge in [-0.2, -0.15) is 4.98 Å². The number of rotatable bonds is 14. The average molecular weight is 430 g/mol. The zero-order valence-corrected chi connectivity index (χ0v) is 18.7. The molecule has 2 N–H and O–H groups in total. The lowest BCUT2D eigenvalue weighted by atomic mass is 10.2. The molecule has 170 valence electrons. The second-order valence-corrected chi connectivity index (χ2v) is 7.85. The van der Waals surface area contributed by atoms with Gasteiger partial charge in [-0.1, -0.05) is 11.6 Å². The molecule has 31 heavy (non-hydrogen) atoms. The highest BCUT2D eigenvalue weighted by Crippen LogP contribution is 2.28. The quantitative estimate of drug-likeness (QED) is 0.270. The van der Waals surface area contributed by atoms with Crippen molar-refractivity contribution in [3.63, 3.8) is 0 Å². The van der Waals surface area contributed by atoms with E-state index in [1.807, 2.05) is 24.3 Å². The third-order valence-corrected chi connectivity index (χ3v) is 5.21. The number of ether oxygens (including phenoxy) is 2. The molecule has 0 unspecified atom stereocenters. The van der Waals surface area contributed by atoms with Crippen LogP contribution in [0.1, 0.15) is 44.4 Å². The van der Waals surface area contributed by atoms with Crippen LogP contribution in [0.5, 0.6) is 5.75 Å². The fourth-order valence-corrected chi connectivity index (χ4v) is 3.13. The zero-order valence-electron chi connectivity index (χ0n) is 18.7. The van der Waals surface area contributed by atoms with Crippen molar-refractivity contribution in [1.29, 1.82) is 0 Å². The normalized spacial score (nSPS) is 13.9. The molecule has 0 bridgehead atoms. The van der Waals surface area contributed by atoms with Crippen LogP contribution in [0.25, 0.3) is 11.4 Å². The molecule has 0 atom stereocenters. The summed E-state index contributed by atoms with van der Waals surface area (Å²) in [7, 11) is 3.45. The summed E-state index contributed by atoms with van der Waals surface area (Å²) in [5.74, 6) is 3.79. The van der Waals surface area contributed by atoms with Gasteiger partial charge in [-0.3, -0.25) is 4.99 Å². The molecule has 1 aliphatic rings. The van der Waals surface area contributed by atoms with Crippen LogP contribution >= 0.6 is 0 Å². The van der Waals surface area contributed by atoms with Gasteiger partial charge < -0.3 is 24.6 Å². The van der Waals surface area contributed by atoms with E-state index in [-0.39, 0.29) is 0 Å². The second-order valence-electron chi connectivity index (χ2n) is 7.85. The molecule has 1 heterocycles. The van der Waals surface area contributed by atoms with Gasteiger partial charge >= 0.3 is 0 Å². The van der Waals surface area contributed by atoms with Gasteiger partial charge in [0.2, 0.25) is 11.7 Å². The minimum Gasteiger partial charge on any atom is -0.497 e. The summed E-state index contributed by atoms with van der Waals surface area (Å²) in [5, 5.41) is 10.8. The maximum absolute atomic E-state index is 5.65. The molecule has 1 saturated carbocycles. The minimum absolute atomic E-state index is 0.618. The highest BCUT2D eigenvalue weighted by Gasteiger charge is 2.20. The SMILES string of the molecule is CN=C(NCCCCCc1nc(-c2ccc(OC)cc2)no1)NCCCOCC1CC1. The third-order valence-electron chi connectivity index (χ3n) is 5.21. The number of unbranched alkanes of at least 4 members (excludes halogenated alkanes) is 2. The maximum atomic E-state index is 5.65. The van der Waals surface area contributed by atoms with Crippen LogP contribution < -0.4 is 15.4 Å². The lowest BCUT2D eigenvalue weighted by Gasteiger charge is -2.11. The molecule has 2 aromatic rings. The van der Waals surface area contributed by atoms with E-state index in [1.165, 1.54) is 12.8 Å². The molecule has 0 amide bonds. The lowest BCUT2D eigenvalue weighted by Crippen LogP contribution is -2.38. The van der Waals surface area contributed by atoms with Gasteiger partial charge in [-0.25, -0.2) is 0 Å². The van der Waals surface area contributed by atoms with Crippen molar-refractivity contribution in [2.24, 2.45) is 10.9 Å². The Balaban J connectivity index is 1.22. The fraction of sp³-hybridized carbons (Fsp3) is 0.609. The Kier molecular flexibility index (Phi) is 9.63. The molecule has 1 aromatic heterocycles. The molecule has 1 aliphatic carbocycles. The van der Waals surface area contributed by atoms with Crippen LogP contribution in [-0.2, 0) is 11.2 Å². The van der Waals surface area contributed by atoms with Crippen molar-refractivity contribution >= 4 is 5.96 Å². The largest absolute Gasteiger partial charge is 0.497 e. The predicted molar refractivity (Wildman–Crippen MR) is 121 cm³/mol. The molecular formula is C23H35N5O3. The molecule has 0 radical (unpaired) electrons. The number of nitrogens with one attached hydrogen (secondary N) is 2. The highest BCUT2D eigenvalue weighted by atomic mass is 16.5. The monoisotopic (exact) mass is 429 g/mol. The average Bonchev–Trinajstić information content (AvgIpc) is 3.52. The van der Waals surface area contributed by atoms with Crippen molar-refractivity contribution in [2.45, 2.75) is 44.9 Å². The van der Waals surface area contributed by atoms with Gasteiger partial charge in [-0.05, 0) is 62.3 Å². The third kappa shape index (κ3) is 8.57. The van der Waals surface area contributed by atoms with Gasteiger partial charge in [-0.15, -0.1) is 0 Å². The Morgan fingerprint density at radius 2 is 1.87 bits per heavy atom. The highest BCUT2D eigenvalue weighted by molar-refractivity contribution is 5.79. The first-order valence-electron chi connectivity index (χ1n) is 11.3. The van der Waals surface area contributed by atoms with Gasteiger partial charge in [0.05, 0.1) is 7.11 Å². The molecule has 0 saturated heterocycles. The number of nitrogens with zero attached hydrogens (tertiary/aromatic N) is 3. The summed E-state index contributed by atoms with van der Waals surface area (Å²) in [6.07, 6.45) is 7.62. The Morgan fingerprint density at radius 1 is 1.10 bits per heavy atom. The molecule has 0 aliphatic heterocycles. The van der Waals surface area contributed by atoms with Crippen molar-refractivity contribution < 1.29 is 14.0 Å². The van der Waals surface area contributed by atoms with Crippen molar-refractivity contribution in [3.05, 3.63) is 30.2 Å². The number of methoxy groups -OCH3 is 1. The molecule has 3 rings (SSSR count). The topological polar surface area (TPSA) is 93.8 Å². The summed E-state index contributed by atoms with van der Waals surface area (Å²) >= 11 is 0. The van der Waals surface area contributed by atoms with E-state index in [0.717, 1.165) is 81.6 Å². The zero-order chi connectivity index (χ0) is 21.7. The molecule has 8 heteroatoms. The van der Waals surface area contributed by atoms with Crippen LogP contribution in [0.3, 0.4) is 0 Å². The van der Waals surface area contributed by atoms with Crippen LogP contribution in [0.2, 0.25) is 0 Å². The maximum Gasteiger partial charge on any atom is 0.226 e. The number of aliphatic imine (C=N–C) groups is 1. The standard InChI is InChI=1S/C23H35N5O3/c1-24-23(26-15-6-16-30-17-18-8-9-18)25-14-5-3-4-7-21-27-22(28-31-21)19-10-12-20(29-2)13-11-19/h10-13,18H,3-9,14-17H2,1-2H3,(H2,24,25,26). The van der Waals surface area contributed by atoms with E-state index in [4.69, 9.17) is 14.0 Å². The van der Waals surface area contributed by atoms with Crippen molar-refractivity contribution in [1.82, 2.24) is 20.8 Å². The summed E-state index contributed by atoms with van der Waals surface area (Å²) < 4.78 is 16.2. The van der Waals surface area contributed by atoms with E-state index in [9.17, 15) is 0 Å². The number of aromatic nitrogens is 2. The first-order chi connectivity index (χ1) is 15.3. The summed E-state index contributed by atoms with van der Waals surface area (Å²) in [6, 6.07) is 7.65. The Bertz CT molecular complexity index is 787. The van der Waals surface area contributed by atoms with Crippen molar-refractivity contribution in [3.8, 4) is 17.1 Å². The summed E-state index contributed by atoms with van der Waals surface area (Å²) in [6.45, 7) is 3.51. The van der Waals surface area contributed by atoms with Crippen LogP contribution in [0, 0.1) is 5.92 Å². The molecule has 0 spiro atoms. The van der Waals surface area contributed by atoms with E-state index < -0.39 is 0 Å². The predicted octanol–water partition coefficient (Wildman–Crippen LogP) is 3.44. The van der Waals surface area contributed by atoms with E-state index in [2.05, 4.69) is 25.8 Å². The second kappa shape index (κ2) is 12.9. The Labute approximate surface area is 184 Å². The van der Waals surface area contributed by atoms with E-state index in [1.54, 1.807) is 14.2 Å². The van der Waals surface area contributed by atoms with Gasteiger partial charge in [0.25, 0.3) is 0 Å². The number of guanidine groups is 1. The first kappa shape index (κ1) is 23.1. The number of hydrogen-bond acceptors (Lipinski definition) is 6. The van der Waals surface area contributed by atoms with Gasteiger partial charge in [0.1, 0.15) is 5.75 Å². The molecule has 1 fully saturated rings. The van der Waals surface area contributed by atoms with Crippen LogP contribution in [0.4, 0.5) is 0 Å². The van der Waals surface area contributed by atoms with Gasteiger partial charge in [0, 0.05) is 45.3 Å². The number of hydrogen-bond donors (Lipinski definition) is 2. The Hall–Kier alpha value is -2.61. The number of benzene rings is 1. The van der Waals surface area contributed by atoms with E-state index >= 15 is 0 Å². The van der Waals surface area contributed by atoms with Crippen LogP contribution in [-0.4, -0.2) is 56.6 Å². The fourth-order valence-electron chi connectivity index (χ4n) is 3.13. The first-order valence-corrected chi connectivity index (χ1v) is 11.3. The lowest BCUT2D eigenvalue weighted by molar-refractivity contribution is 0.123. The minimum atomic E-state index is 0.618. The summed E-state index contributed by atoms with van der Waals surface area (Å²) in [4.78, 5) is 8.75. The molecular weight excluding hydrogens is 394 g/mol. The van der Waals surface area contributed by atoms with E-state index in [0.29, 0.717) is 11.7 Å². The molecule has 1 aromatic carbocycles. The van der Waals surface area contributed by atoms with Crippen LogP contribution in [0.15, 0.2) is 33.8 Å². The summed E-state index contributed by atoms with van der Waals surface area (Å²) in [5.41, 5.74) is 0.924. The Morgan fingerprint density at radius 3 is 2.58 bits per heavy atom. The number of aryl methyl sites for hydroxylation is 1.